The van der Waals surface area contributed by atoms with Gasteiger partial charge in [0, 0.05) is 30.5 Å². The molecule has 1 atom stereocenters. The van der Waals surface area contributed by atoms with Gasteiger partial charge in [-0.2, -0.15) is 0 Å². The third kappa shape index (κ3) is 4.92. The van der Waals surface area contributed by atoms with E-state index in [1.807, 2.05) is 0 Å². The van der Waals surface area contributed by atoms with Crippen LogP contribution in [0.5, 0.6) is 0 Å². The van der Waals surface area contributed by atoms with Gasteiger partial charge in [0.25, 0.3) is 11.9 Å². The molecule has 2 aliphatic heterocycles. The number of hydrogen-bond donors (Lipinski definition) is 3. The second-order valence-corrected chi connectivity index (χ2v) is 8.21. The van der Waals surface area contributed by atoms with Crippen LogP contribution < -0.4 is 10.6 Å². The topological polar surface area (TPSA) is 122 Å². The largest absolute Gasteiger partial charge is 0.465 e. The number of carbonyl (C=O) groups is 2. The van der Waals surface area contributed by atoms with Crippen molar-refractivity contribution in [3.05, 3.63) is 59.4 Å². The predicted molar refractivity (Wildman–Crippen MR) is 113 cm³/mol. The normalized spacial score (nSPS) is 21.6. The van der Waals surface area contributed by atoms with E-state index < -0.39 is 34.8 Å². The van der Waals surface area contributed by atoms with Crippen LogP contribution in [0.1, 0.15) is 42.2 Å². The molecule has 1 fully saturated rings. The lowest BCUT2D eigenvalue weighted by atomic mass is 9.76. The molecule has 0 saturated carbocycles. The molecule has 0 radical (unpaired) electrons. The molecule has 0 aliphatic carbocycles. The molecule has 1 aromatic heterocycles. The minimum absolute atomic E-state index is 0.00771. The molecule has 174 valence electrons. The number of carboxylic acid groups (broad SMARTS) is 1. The van der Waals surface area contributed by atoms with E-state index >= 15 is 4.39 Å². The summed E-state index contributed by atoms with van der Waals surface area (Å²) < 4.78 is 39.4. The van der Waals surface area contributed by atoms with Gasteiger partial charge in [0.2, 0.25) is 0 Å². The van der Waals surface area contributed by atoms with E-state index in [1.165, 1.54) is 24.3 Å². The van der Waals surface area contributed by atoms with E-state index in [-0.39, 0.29) is 29.4 Å². The summed E-state index contributed by atoms with van der Waals surface area (Å²) in [6.45, 7) is 2.52. The highest BCUT2D eigenvalue weighted by Crippen LogP contribution is 2.45. The molecular formula is C22H22F2N4O5. The van der Waals surface area contributed by atoms with Crippen molar-refractivity contribution in [2.75, 3.05) is 18.5 Å². The summed E-state index contributed by atoms with van der Waals surface area (Å²) in [5.41, 5.74) is -1.54. The second-order valence-electron chi connectivity index (χ2n) is 8.21. The average Bonchev–Trinajstić information content (AvgIpc) is 2.75. The van der Waals surface area contributed by atoms with Crippen LogP contribution in [0.15, 0.2) is 41.5 Å². The van der Waals surface area contributed by atoms with Gasteiger partial charge in [-0.05, 0) is 37.3 Å². The molecule has 3 heterocycles. The Morgan fingerprint density at radius 1 is 1.12 bits per heavy atom. The maximum absolute atomic E-state index is 15.0. The first kappa shape index (κ1) is 22.6. The number of amides is 2. The molecule has 1 aromatic carbocycles. The number of nitrogens with zero attached hydrogens (tertiary/aromatic N) is 2. The number of rotatable bonds is 3. The zero-order valence-corrected chi connectivity index (χ0v) is 17.7. The minimum atomic E-state index is -1.35. The summed E-state index contributed by atoms with van der Waals surface area (Å²) in [5, 5.41) is 13.9. The van der Waals surface area contributed by atoms with Gasteiger partial charge in [0.15, 0.2) is 0 Å². The first-order chi connectivity index (χ1) is 15.7. The van der Waals surface area contributed by atoms with Crippen molar-refractivity contribution >= 4 is 23.7 Å². The first-order valence-electron chi connectivity index (χ1n) is 10.3. The Labute approximate surface area is 187 Å². The summed E-state index contributed by atoms with van der Waals surface area (Å²) in [5.74, 6) is -1.74. The highest BCUT2D eigenvalue weighted by atomic mass is 19.1. The highest BCUT2D eigenvalue weighted by molar-refractivity contribution is 6.02. The number of aromatic nitrogens is 1. The number of benzene rings is 1. The summed E-state index contributed by atoms with van der Waals surface area (Å²) in [4.78, 5) is 31.8. The molecule has 3 N–H and O–H groups in total. The molecule has 2 aromatic rings. The third-order valence-electron chi connectivity index (χ3n) is 5.71. The molecule has 1 saturated heterocycles. The van der Waals surface area contributed by atoms with Crippen LogP contribution >= 0.6 is 0 Å². The number of ether oxygens (including phenoxy) is 2. The molecule has 2 aliphatic rings. The number of amidine groups is 1. The Hall–Kier alpha value is -3.60. The summed E-state index contributed by atoms with van der Waals surface area (Å²) in [6.07, 6.45) is 0.817. The fourth-order valence-corrected chi connectivity index (χ4v) is 4.20. The fourth-order valence-electron chi connectivity index (χ4n) is 4.20. The van der Waals surface area contributed by atoms with Crippen molar-refractivity contribution in [1.29, 1.82) is 0 Å². The monoisotopic (exact) mass is 460 g/mol. The van der Waals surface area contributed by atoms with Crippen LogP contribution in [0.4, 0.5) is 19.3 Å². The van der Waals surface area contributed by atoms with Gasteiger partial charge < -0.3 is 19.9 Å². The van der Waals surface area contributed by atoms with Gasteiger partial charge in [-0.15, -0.1) is 0 Å². The van der Waals surface area contributed by atoms with E-state index in [0.29, 0.717) is 26.1 Å². The Bertz CT molecular complexity index is 1100. The third-order valence-corrected chi connectivity index (χ3v) is 5.71. The van der Waals surface area contributed by atoms with Gasteiger partial charge in [0.05, 0.1) is 24.9 Å². The van der Waals surface area contributed by atoms with E-state index in [0.717, 1.165) is 12.3 Å². The summed E-state index contributed by atoms with van der Waals surface area (Å²) >= 11 is 0. The standard InChI is InChI=1S/C22H22F2N4O5/c1-21(12-22(6-8-32-9-7-22)33-19(28-21)27-20(30)31)15-10-14(3-4-16(15)24)26-18(29)17-5-2-13(23)11-25-17/h2-5,10-11H,6-9,12H2,1H3,(H,26,29)(H,27,28)(H,30,31). The van der Waals surface area contributed by atoms with Crippen molar-refractivity contribution in [1.82, 2.24) is 10.3 Å². The molecule has 1 spiro atoms. The number of halogens is 2. The Kier molecular flexibility index (Phi) is 5.98. The van der Waals surface area contributed by atoms with E-state index in [4.69, 9.17) is 14.6 Å². The highest BCUT2D eigenvalue weighted by Gasteiger charge is 2.48. The lowest BCUT2D eigenvalue weighted by Gasteiger charge is -2.46. The van der Waals surface area contributed by atoms with Crippen molar-refractivity contribution in [3.8, 4) is 0 Å². The lowest BCUT2D eigenvalue weighted by molar-refractivity contribution is -0.0810. The number of carbonyl (C=O) groups excluding carboxylic acids is 1. The zero-order valence-electron chi connectivity index (χ0n) is 17.7. The molecule has 9 nitrogen and oxygen atoms in total. The van der Waals surface area contributed by atoms with Gasteiger partial charge in [-0.1, -0.05) is 0 Å². The van der Waals surface area contributed by atoms with Crippen LogP contribution in [0.3, 0.4) is 0 Å². The van der Waals surface area contributed by atoms with E-state index in [1.54, 1.807) is 6.92 Å². The minimum Gasteiger partial charge on any atom is -0.465 e. The summed E-state index contributed by atoms with van der Waals surface area (Å²) in [7, 11) is 0. The molecule has 33 heavy (non-hydrogen) atoms. The number of aliphatic imine (C=N–C) groups is 1. The van der Waals surface area contributed by atoms with Crippen molar-refractivity contribution < 1.29 is 33.0 Å². The maximum Gasteiger partial charge on any atom is 0.412 e. The van der Waals surface area contributed by atoms with Crippen molar-refractivity contribution in [2.45, 2.75) is 37.3 Å². The molecule has 1 unspecified atom stereocenters. The van der Waals surface area contributed by atoms with E-state index in [9.17, 15) is 14.0 Å². The smallest absolute Gasteiger partial charge is 0.412 e. The Morgan fingerprint density at radius 3 is 2.55 bits per heavy atom. The SMILES string of the molecule is CC1(c2cc(NC(=O)c3ccc(F)cn3)ccc2F)CC2(CCOCC2)OC(NC(=O)O)=N1. The molecular weight excluding hydrogens is 438 g/mol. The number of pyridine rings is 1. The van der Waals surface area contributed by atoms with Crippen LogP contribution in [-0.4, -0.2) is 46.9 Å². The molecule has 0 bridgehead atoms. The molecule has 2 amide bonds. The maximum atomic E-state index is 15.0. The van der Waals surface area contributed by atoms with Gasteiger partial charge in [-0.25, -0.2) is 28.9 Å². The quantitative estimate of drug-likeness (QED) is 0.645. The Balaban J connectivity index is 1.67. The Morgan fingerprint density at radius 2 is 1.88 bits per heavy atom. The fraction of sp³-hybridized carbons (Fsp3) is 0.364. The zero-order chi connectivity index (χ0) is 23.6. The number of hydrogen-bond acceptors (Lipinski definition) is 6. The average molecular weight is 460 g/mol. The molecule has 11 heteroatoms. The van der Waals surface area contributed by atoms with Crippen LogP contribution in [0.2, 0.25) is 0 Å². The van der Waals surface area contributed by atoms with Gasteiger partial charge >= 0.3 is 6.09 Å². The number of anilines is 1. The van der Waals surface area contributed by atoms with Crippen molar-refractivity contribution in [3.63, 3.8) is 0 Å². The number of nitrogens with one attached hydrogen (secondary N) is 2. The second kappa shape index (κ2) is 8.74. The van der Waals surface area contributed by atoms with Gasteiger partial charge in [0.1, 0.15) is 22.9 Å². The first-order valence-corrected chi connectivity index (χ1v) is 10.3. The summed E-state index contributed by atoms with van der Waals surface area (Å²) in [6, 6.07) is 6.14. The van der Waals surface area contributed by atoms with Crippen molar-refractivity contribution in [2.24, 2.45) is 4.99 Å². The lowest BCUT2D eigenvalue weighted by Crippen LogP contribution is -2.52. The van der Waals surface area contributed by atoms with Crippen LogP contribution in [0.25, 0.3) is 0 Å². The van der Waals surface area contributed by atoms with Gasteiger partial charge in [-0.3, -0.25) is 4.79 Å². The van der Waals surface area contributed by atoms with E-state index in [2.05, 4.69) is 20.6 Å². The molecule has 4 rings (SSSR count). The van der Waals surface area contributed by atoms with Crippen LogP contribution in [0, 0.1) is 11.6 Å². The predicted octanol–water partition coefficient (Wildman–Crippen LogP) is 3.42. The van der Waals surface area contributed by atoms with Crippen LogP contribution in [-0.2, 0) is 15.0 Å².